The van der Waals surface area contributed by atoms with Crippen molar-refractivity contribution in [2.45, 2.75) is 26.1 Å². The Morgan fingerprint density at radius 3 is 2.48 bits per heavy atom. The fraction of sp³-hybridized carbons (Fsp3) is 0.278. The predicted octanol–water partition coefficient (Wildman–Crippen LogP) is 3.56. The summed E-state index contributed by atoms with van der Waals surface area (Å²) in [5, 5.41) is 16.6. The number of rotatable bonds is 6. The van der Waals surface area contributed by atoms with E-state index in [2.05, 4.69) is 20.9 Å². The van der Waals surface area contributed by atoms with E-state index in [4.69, 9.17) is 5.41 Å². The molecular weight excluding hydrogens is 359 g/mol. The highest BCUT2D eigenvalue weighted by molar-refractivity contribution is 6.19. The Balaban J connectivity index is 2.68. The molecular formula is C18H20F3N5O. The number of hydrogen-bond acceptors (Lipinski definition) is 5. The molecule has 4 N–H and O–H groups in total. The van der Waals surface area contributed by atoms with Gasteiger partial charge in [0, 0.05) is 18.7 Å². The van der Waals surface area contributed by atoms with E-state index in [1.165, 1.54) is 0 Å². The zero-order valence-electron chi connectivity index (χ0n) is 15.0. The van der Waals surface area contributed by atoms with Crippen molar-refractivity contribution in [2.75, 3.05) is 17.7 Å². The number of carbonyl (C=O) groups excluding carboxylic acids is 1. The minimum absolute atomic E-state index is 0.118. The van der Waals surface area contributed by atoms with E-state index >= 15 is 0 Å². The van der Waals surface area contributed by atoms with Crippen LogP contribution in [-0.4, -0.2) is 37.1 Å². The summed E-state index contributed by atoms with van der Waals surface area (Å²) in [5.41, 5.74) is 0.519. The normalized spacial score (nSPS) is 16.1. The van der Waals surface area contributed by atoms with E-state index in [1.807, 2.05) is 13.8 Å². The van der Waals surface area contributed by atoms with Crippen LogP contribution in [0, 0.1) is 5.41 Å². The zero-order valence-corrected chi connectivity index (χ0v) is 15.0. The van der Waals surface area contributed by atoms with Crippen LogP contribution >= 0.6 is 0 Å². The van der Waals surface area contributed by atoms with Gasteiger partial charge in [0.15, 0.2) is 0 Å². The minimum Gasteiger partial charge on any atom is -0.386 e. The number of allylic oxidation sites excluding steroid dienone is 2. The molecule has 1 aliphatic rings. The van der Waals surface area contributed by atoms with Crippen LogP contribution in [0.25, 0.3) is 5.70 Å². The lowest BCUT2D eigenvalue weighted by Gasteiger charge is -2.21. The first-order valence-electron chi connectivity index (χ1n) is 8.13. The fourth-order valence-corrected chi connectivity index (χ4v) is 2.49. The van der Waals surface area contributed by atoms with Crippen LogP contribution in [0.15, 0.2) is 41.0 Å². The molecule has 0 aliphatic carbocycles. The van der Waals surface area contributed by atoms with Crippen molar-refractivity contribution in [3.8, 4) is 0 Å². The van der Waals surface area contributed by atoms with E-state index in [9.17, 15) is 18.0 Å². The maximum absolute atomic E-state index is 13.1. The van der Waals surface area contributed by atoms with Gasteiger partial charge in [-0.15, -0.1) is 0 Å². The summed E-state index contributed by atoms with van der Waals surface area (Å²) in [6.45, 7) is 3.65. The van der Waals surface area contributed by atoms with Gasteiger partial charge in [0.05, 0.1) is 22.8 Å². The van der Waals surface area contributed by atoms with E-state index in [1.54, 1.807) is 25.2 Å². The summed E-state index contributed by atoms with van der Waals surface area (Å²) in [7, 11) is 1.68. The molecule has 0 unspecified atom stereocenters. The van der Waals surface area contributed by atoms with Crippen molar-refractivity contribution in [1.29, 1.82) is 5.41 Å². The van der Waals surface area contributed by atoms with E-state index < -0.39 is 11.9 Å². The summed E-state index contributed by atoms with van der Waals surface area (Å²) in [6.07, 6.45) is -2.26. The fourth-order valence-electron chi connectivity index (χ4n) is 2.49. The van der Waals surface area contributed by atoms with Crippen molar-refractivity contribution >= 4 is 34.9 Å². The molecule has 0 saturated carbocycles. The summed E-state index contributed by atoms with van der Waals surface area (Å²) in [4.78, 5) is 14.5. The van der Waals surface area contributed by atoms with Gasteiger partial charge < -0.3 is 16.0 Å². The van der Waals surface area contributed by atoms with Crippen LogP contribution in [0.1, 0.15) is 19.4 Å². The molecule has 1 aromatic carbocycles. The molecule has 0 saturated heterocycles. The van der Waals surface area contributed by atoms with Gasteiger partial charge in [-0.05, 0) is 38.1 Å². The number of nitrogens with zero attached hydrogens (tertiary/aromatic N) is 1. The summed E-state index contributed by atoms with van der Waals surface area (Å²) < 4.78 is 39.2. The number of alkyl halides is 3. The number of benzene rings is 1. The van der Waals surface area contributed by atoms with Gasteiger partial charge in [-0.25, -0.2) is 4.99 Å². The molecule has 0 spiro atoms. The Morgan fingerprint density at radius 1 is 1.22 bits per heavy atom. The van der Waals surface area contributed by atoms with Crippen LogP contribution in [-0.2, 0) is 4.79 Å². The third-order valence-corrected chi connectivity index (χ3v) is 3.65. The van der Waals surface area contributed by atoms with Gasteiger partial charge in [0.25, 0.3) is 0 Å². The zero-order chi connectivity index (χ0) is 20.2. The quantitative estimate of drug-likeness (QED) is 0.570. The summed E-state index contributed by atoms with van der Waals surface area (Å²) in [5.74, 6) is 0. The predicted molar refractivity (Wildman–Crippen MR) is 101 cm³/mol. The molecule has 6 nitrogen and oxygen atoms in total. The van der Waals surface area contributed by atoms with Crippen molar-refractivity contribution < 1.29 is 18.0 Å². The van der Waals surface area contributed by atoms with Crippen LogP contribution in [0.3, 0.4) is 0 Å². The van der Waals surface area contributed by atoms with Gasteiger partial charge in [0.2, 0.25) is 6.41 Å². The number of halogens is 3. The summed E-state index contributed by atoms with van der Waals surface area (Å²) in [6, 6.07) is 4.84. The molecule has 0 atom stereocenters. The molecule has 9 heteroatoms. The SMILES string of the molecule is CNc1ccc(/C(NC(C)C)=C2\N=C(C(F)(F)F)C=CC2=N)cc1NC=O. The van der Waals surface area contributed by atoms with Gasteiger partial charge in [0.1, 0.15) is 11.4 Å². The molecule has 2 rings (SSSR count). The van der Waals surface area contributed by atoms with Crippen LogP contribution in [0.5, 0.6) is 0 Å². The highest BCUT2D eigenvalue weighted by Gasteiger charge is 2.36. The number of anilines is 2. The number of hydrogen-bond donors (Lipinski definition) is 4. The molecule has 0 radical (unpaired) electrons. The molecule has 1 aromatic rings. The van der Waals surface area contributed by atoms with Crippen LogP contribution in [0.4, 0.5) is 24.5 Å². The van der Waals surface area contributed by atoms with Crippen molar-refractivity contribution in [3.05, 3.63) is 41.6 Å². The van der Waals surface area contributed by atoms with Crippen LogP contribution < -0.4 is 16.0 Å². The van der Waals surface area contributed by atoms with E-state index in [0.717, 1.165) is 12.2 Å². The Kier molecular flexibility index (Phi) is 6.04. The monoisotopic (exact) mass is 379 g/mol. The third kappa shape index (κ3) is 4.75. The number of aliphatic imine (C=N–C) groups is 1. The maximum atomic E-state index is 13.1. The standard InChI is InChI=1S/C18H20F3N5O/c1-10(2)25-16(11-4-6-13(23-3)14(8-11)24-9-27)17-12(22)5-7-15(26-17)18(19,20)21/h4-10,22-23,25H,1-3H3,(H,24,27)/b17-16+,22-12?. The smallest absolute Gasteiger partial charge is 0.386 e. The van der Waals surface area contributed by atoms with Gasteiger partial charge in [-0.2, -0.15) is 13.2 Å². The topological polar surface area (TPSA) is 89.4 Å². The van der Waals surface area contributed by atoms with Crippen molar-refractivity contribution in [1.82, 2.24) is 5.32 Å². The molecule has 0 aromatic heterocycles. The largest absolute Gasteiger partial charge is 0.433 e. The minimum atomic E-state index is -4.62. The molecule has 1 amide bonds. The highest BCUT2D eigenvalue weighted by atomic mass is 19.4. The Labute approximate surface area is 154 Å². The average Bonchev–Trinajstić information content (AvgIpc) is 2.59. The first kappa shape index (κ1) is 20.2. The number of nitrogens with one attached hydrogen (secondary N) is 4. The second-order valence-electron chi connectivity index (χ2n) is 6.04. The molecule has 27 heavy (non-hydrogen) atoms. The molecule has 0 fully saturated rings. The van der Waals surface area contributed by atoms with Crippen molar-refractivity contribution in [3.63, 3.8) is 0 Å². The van der Waals surface area contributed by atoms with Gasteiger partial charge in [-0.3, -0.25) is 10.2 Å². The van der Waals surface area contributed by atoms with Gasteiger partial charge in [-0.1, -0.05) is 6.07 Å². The molecule has 144 valence electrons. The number of dihydropyridines is 1. The molecule has 1 heterocycles. The number of amides is 1. The van der Waals surface area contributed by atoms with E-state index in [-0.39, 0.29) is 23.1 Å². The van der Waals surface area contributed by atoms with Gasteiger partial charge >= 0.3 is 6.18 Å². The first-order chi connectivity index (χ1) is 12.7. The average molecular weight is 379 g/mol. The maximum Gasteiger partial charge on any atom is 0.433 e. The first-order valence-corrected chi connectivity index (χ1v) is 8.13. The van der Waals surface area contributed by atoms with E-state index in [0.29, 0.717) is 23.3 Å². The van der Waals surface area contributed by atoms with Crippen LogP contribution in [0.2, 0.25) is 0 Å². The lowest BCUT2D eigenvalue weighted by Crippen LogP contribution is -2.27. The second kappa shape index (κ2) is 8.07. The molecule has 1 aliphatic heterocycles. The molecule has 0 bridgehead atoms. The lowest BCUT2D eigenvalue weighted by atomic mass is 10.0. The lowest BCUT2D eigenvalue weighted by molar-refractivity contribution is -0.105. The highest BCUT2D eigenvalue weighted by Crippen LogP contribution is 2.30. The Hall–Kier alpha value is -3.10. The third-order valence-electron chi connectivity index (χ3n) is 3.65. The summed E-state index contributed by atoms with van der Waals surface area (Å²) >= 11 is 0. The Morgan fingerprint density at radius 2 is 1.93 bits per heavy atom. The second-order valence-corrected chi connectivity index (χ2v) is 6.04. The number of carbonyl (C=O) groups is 1. The Bertz CT molecular complexity index is 838. The van der Waals surface area contributed by atoms with Crippen molar-refractivity contribution in [2.24, 2.45) is 4.99 Å².